The van der Waals surface area contributed by atoms with Crippen molar-refractivity contribution in [3.05, 3.63) is 13.5 Å². The van der Waals surface area contributed by atoms with Gasteiger partial charge in [-0.25, -0.2) is 0 Å². The maximum atomic E-state index is 6.25. The van der Waals surface area contributed by atoms with Gasteiger partial charge in [0.25, 0.3) is 0 Å². The Labute approximate surface area is 81.7 Å². The van der Waals surface area contributed by atoms with Crippen LogP contribution < -0.4 is 0 Å². The van der Waals surface area contributed by atoms with Crippen molar-refractivity contribution in [3.63, 3.8) is 0 Å². The number of hydrogen-bond acceptors (Lipinski definition) is 1. The van der Waals surface area contributed by atoms with Gasteiger partial charge >= 0.3 is 17.1 Å². The number of nitrogens with zero attached hydrogens (tertiary/aromatic N) is 1. The van der Waals surface area contributed by atoms with E-state index < -0.39 is 0 Å². The van der Waals surface area contributed by atoms with Gasteiger partial charge in [0.15, 0.2) is 0 Å². The molecule has 0 aliphatic rings. The standard InChI is InChI=1S/C8H17.CN.Fe/c1-3-5-7-8-6-4-2;1-2;/h1,3-8H2,2H3;;/q2*-1;+2. The first-order valence-corrected chi connectivity index (χ1v) is 3.93. The number of unbranched alkanes of at least 4 members (excludes halogenated alkanes) is 5. The number of rotatable bonds is 5. The molecule has 0 aromatic carbocycles. The van der Waals surface area contributed by atoms with Gasteiger partial charge in [0.2, 0.25) is 0 Å². The first-order chi connectivity index (χ1) is 4.91. The van der Waals surface area contributed by atoms with Gasteiger partial charge in [0.1, 0.15) is 0 Å². The number of hydrogen-bond donors (Lipinski definition) is 0. The fraction of sp³-hybridized carbons (Fsp3) is 0.778. The van der Waals surface area contributed by atoms with Crippen LogP contribution in [0.15, 0.2) is 0 Å². The molecule has 0 aliphatic carbocycles. The molecule has 2 heteroatoms. The molecule has 11 heavy (non-hydrogen) atoms. The van der Waals surface area contributed by atoms with Crippen LogP contribution in [0.4, 0.5) is 0 Å². The Morgan fingerprint density at radius 1 is 1.09 bits per heavy atom. The molecule has 0 unspecified atom stereocenters. The SMILES string of the molecule is [C-]#N.[CH2-]CCCCCCC.[Fe+2]. The summed E-state index contributed by atoms with van der Waals surface area (Å²) in [5, 5.41) is 6.25. The van der Waals surface area contributed by atoms with Gasteiger partial charge in [-0.15, -0.1) is 0 Å². The summed E-state index contributed by atoms with van der Waals surface area (Å²) >= 11 is 0. The Morgan fingerprint density at radius 2 is 1.55 bits per heavy atom. The summed E-state index contributed by atoms with van der Waals surface area (Å²) in [7, 11) is 0. The minimum absolute atomic E-state index is 0. The van der Waals surface area contributed by atoms with Crippen LogP contribution in [-0.4, -0.2) is 0 Å². The zero-order valence-corrected chi connectivity index (χ0v) is 8.35. The van der Waals surface area contributed by atoms with E-state index in [1.165, 1.54) is 32.1 Å². The molecule has 0 aromatic rings. The van der Waals surface area contributed by atoms with Crippen molar-refractivity contribution >= 4 is 0 Å². The molecule has 0 radical (unpaired) electrons. The van der Waals surface area contributed by atoms with Crippen LogP contribution in [-0.2, 0) is 17.1 Å². The van der Waals surface area contributed by atoms with Crippen molar-refractivity contribution < 1.29 is 17.1 Å². The van der Waals surface area contributed by atoms with E-state index in [0.29, 0.717) is 0 Å². The van der Waals surface area contributed by atoms with E-state index in [-0.39, 0.29) is 17.1 Å². The molecule has 0 spiro atoms. The van der Waals surface area contributed by atoms with Crippen LogP contribution in [0.2, 0.25) is 0 Å². The third-order valence-electron chi connectivity index (χ3n) is 1.35. The van der Waals surface area contributed by atoms with Gasteiger partial charge in [-0.1, -0.05) is 39.0 Å². The molecule has 1 nitrogen and oxygen atoms in total. The van der Waals surface area contributed by atoms with E-state index in [1.54, 1.807) is 0 Å². The zero-order chi connectivity index (χ0) is 8.24. The second-order valence-corrected chi connectivity index (χ2v) is 2.27. The van der Waals surface area contributed by atoms with Gasteiger partial charge in [-0.05, 0) is 0 Å². The summed E-state index contributed by atoms with van der Waals surface area (Å²) in [4.78, 5) is 0. The van der Waals surface area contributed by atoms with Crippen molar-refractivity contribution in [1.82, 2.24) is 0 Å². The van der Waals surface area contributed by atoms with Gasteiger partial charge in [0, 0.05) is 0 Å². The van der Waals surface area contributed by atoms with Crippen LogP contribution in [0.1, 0.15) is 45.4 Å². The van der Waals surface area contributed by atoms with Crippen molar-refractivity contribution in [3.8, 4) is 0 Å². The fourth-order valence-corrected chi connectivity index (χ4v) is 0.780. The molecular weight excluding hydrogens is 178 g/mol. The van der Waals surface area contributed by atoms with Gasteiger partial charge in [-0.2, -0.15) is 6.42 Å². The average molecular weight is 195 g/mol. The normalized spacial score (nSPS) is 7.27. The Hall–Kier alpha value is 0.00948. The summed E-state index contributed by atoms with van der Waals surface area (Å²) in [6.45, 7) is 10.8. The van der Waals surface area contributed by atoms with Crippen molar-refractivity contribution in [2.75, 3.05) is 0 Å². The predicted molar refractivity (Wildman–Crippen MR) is 43.7 cm³/mol. The molecule has 0 saturated heterocycles. The molecule has 0 saturated carbocycles. The molecule has 0 aliphatic heterocycles. The van der Waals surface area contributed by atoms with Crippen LogP contribution in [0.3, 0.4) is 0 Å². The predicted octanol–water partition coefficient (Wildman–Crippen LogP) is 3.27. The van der Waals surface area contributed by atoms with E-state index in [9.17, 15) is 0 Å². The van der Waals surface area contributed by atoms with Crippen molar-refractivity contribution in [2.24, 2.45) is 0 Å². The fourth-order valence-electron chi connectivity index (χ4n) is 0.780. The summed E-state index contributed by atoms with van der Waals surface area (Å²) in [5.74, 6) is 0. The molecule has 0 N–H and O–H groups in total. The first-order valence-electron chi connectivity index (χ1n) is 3.93. The third kappa shape index (κ3) is 25.6. The van der Waals surface area contributed by atoms with Crippen LogP contribution in [0, 0.1) is 18.8 Å². The van der Waals surface area contributed by atoms with Gasteiger partial charge < -0.3 is 18.8 Å². The smallest absolute Gasteiger partial charge is 0.512 e. The Bertz CT molecular complexity index is 55.8. The van der Waals surface area contributed by atoms with Gasteiger partial charge in [-0.3, -0.25) is 0 Å². The zero-order valence-electron chi connectivity index (χ0n) is 7.25. The minimum Gasteiger partial charge on any atom is -0.512 e. The van der Waals surface area contributed by atoms with Crippen molar-refractivity contribution in [2.45, 2.75) is 45.4 Å². The van der Waals surface area contributed by atoms with E-state index in [2.05, 4.69) is 13.8 Å². The summed E-state index contributed by atoms with van der Waals surface area (Å²) in [5.41, 5.74) is 0. The first kappa shape index (κ1) is 17.2. The molecule has 0 rings (SSSR count). The summed E-state index contributed by atoms with van der Waals surface area (Å²) < 4.78 is 0. The van der Waals surface area contributed by atoms with E-state index in [1.807, 2.05) is 0 Å². The molecule has 0 amide bonds. The van der Waals surface area contributed by atoms with Crippen molar-refractivity contribution in [1.29, 1.82) is 5.26 Å². The quantitative estimate of drug-likeness (QED) is 0.375. The largest absolute Gasteiger partial charge is 2.00 e. The molecule has 0 atom stereocenters. The topological polar surface area (TPSA) is 23.8 Å². The monoisotopic (exact) mass is 195 g/mol. The molecule has 66 valence electrons. The molecule has 0 bridgehead atoms. The van der Waals surface area contributed by atoms with E-state index in [4.69, 9.17) is 11.8 Å². The van der Waals surface area contributed by atoms with Crippen LogP contribution in [0.5, 0.6) is 0 Å². The van der Waals surface area contributed by atoms with Gasteiger partial charge in [0.05, 0.1) is 0 Å². The second-order valence-electron chi connectivity index (χ2n) is 2.27. The Morgan fingerprint density at radius 3 is 1.91 bits per heavy atom. The molecular formula is C9H17FeN. The second kappa shape index (κ2) is 22.5. The Kier molecular flexibility index (Phi) is 35.2. The molecule has 0 fully saturated rings. The maximum absolute atomic E-state index is 6.25. The molecule has 0 aromatic heterocycles. The summed E-state index contributed by atoms with van der Waals surface area (Å²) in [6.07, 6.45) is 7.98. The van der Waals surface area contributed by atoms with Crippen LogP contribution >= 0.6 is 0 Å². The maximum Gasteiger partial charge on any atom is 2.00 e. The Balaban J connectivity index is -0.000000196. The third-order valence-corrected chi connectivity index (χ3v) is 1.35. The van der Waals surface area contributed by atoms with E-state index in [0.717, 1.165) is 6.42 Å². The molecule has 0 heterocycles. The minimum atomic E-state index is 0. The summed E-state index contributed by atoms with van der Waals surface area (Å²) in [6, 6.07) is 0. The van der Waals surface area contributed by atoms with Crippen LogP contribution in [0.25, 0.3) is 0 Å². The average Bonchev–Trinajstić information content (AvgIpc) is 2.02. The van der Waals surface area contributed by atoms with E-state index >= 15 is 0 Å².